The molecule has 0 aliphatic carbocycles. The predicted molar refractivity (Wildman–Crippen MR) is 110 cm³/mol. The van der Waals surface area contributed by atoms with Crippen molar-refractivity contribution >= 4 is 0 Å². The van der Waals surface area contributed by atoms with Gasteiger partial charge in [-0.05, 0) is 19.8 Å². The Hall–Kier alpha value is -0.720. The van der Waals surface area contributed by atoms with Gasteiger partial charge in [0.1, 0.15) is 17.8 Å². The van der Waals surface area contributed by atoms with Crippen LogP contribution < -0.4 is 0 Å². The van der Waals surface area contributed by atoms with E-state index in [0.29, 0.717) is 0 Å². The number of methoxy groups -OCH3 is 4. The van der Waals surface area contributed by atoms with Gasteiger partial charge in [-0.25, -0.2) is 0 Å². The van der Waals surface area contributed by atoms with Gasteiger partial charge in [0.15, 0.2) is 12.6 Å². The number of ether oxygens (including phenoxy) is 6. The second kappa shape index (κ2) is 11.6. The Morgan fingerprint density at radius 3 is 1.66 bits per heavy atom. The van der Waals surface area contributed by atoms with Crippen LogP contribution in [-0.4, -0.2) is 76.1 Å². The molecule has 0 saturated carbocycles. The molecule has 2 rings (SSSR count). The zero-order valence-electron chi connectivity index (χ0n) is 19.5. The lowest BCUT2D eigenvalue weighted by molar-refractivity contribution is -0.189. The summed E-state index contributed by atoms with van der Waals surface area (Å²) in [5.41, 5.74) is -0.933. The van der Waals surface area contributed by atoms with Crippen molar-refractivity contribution in [3.05, 3.63) is 0 Å². The molecule has 4 unspecified atom stereocenters. The van der Waals surface area contributed by atoms with Crippen molar-refractivity contribution in [3.8, 4) is 11.8 Å². The minimum Gasteiger partial charge on any atom is -0.393 e. The number of aliphatic hydroxyl groups excluding tert-OH is 1. The zero-order chi connectivity index (χ0) is 22.2. The third-order valence-electron chi connectivity index (χ3n) is 6.50. The second-order valence-corrected chi connectivity index (χ2v) is 7.62. The van der Waals surface area contributed by atoms with Gasteiger partial charge in [0.2, 0.25) is 0 Å². The van der Waals surface area contributed by atoms with Gasteiger partial charge >= 0.3 is 0 Å². The first-order chi connectivity index (χ1) is 13.8. The van der Waals surface area contributed by atoms with Crippen molar-refractivity contribution in [2.75, 3.05) is 35.0 Å². The Labute approximate surface area is 176 Å². The normalized spacial score (nSPS) is 41.4. The monoisotopic (exact) mass is 416 g/mol. The molecule has 2 heterocycles. The first kappa shape index (κ1) is 26.3. The molecule has 0 spiro atoms. The van der Waals surface area contributed by atoms with Crippen LogP contribution in [0.5, 0.6) is 0 Å². The van der Waals surface area contributed by atoms with E-state index >= 15 is 0 Å². The van der Waals surface area contributed by atoms with Gasteiger partial charge in [-0.15, -0.1) is 5.92 Å². The number of hydrogen-bond donors (Lipinski definition) is 1. The fourth-order valence-electron chi connectivity index (χ4n) is 4.37. The lowest BCUT2D eigenvalue weighted by Gasteiger charge is -2.29. The van der Waals surface area contributed by atoms with Gasteiger partial charge in [0.05, 0.1) is 12.2 Å². The molecule has 0 aromatic carbocycles. The van der Waals surface area contributed by atoms with Gasteiger partial charge < -0.3 is 33.5 Å². The summed E-state index contributed by atoms with van der Waals surface area (Å²) < 4.78 is 32.8. The molecule has 0 radical (unpaired) electrons. The largest absolute Gasteiger partial charge is 0.393 e. The molecular weight excluding hydrogens is 376 g/mol. The maximum Gasteiger partial charge on any atom is 0.185 e. The molecule has 8 atom stereocenters. The summed E-state index contributed by atoms with van der Waals surface area (Å²) in [6.07, 6.45) is 0.759. The average Bonchev–Trinajstić information content (AvgIpc) is 3.19. The molecule has 7 heteroatoms. The molecule has 2 saturated heterocycles. The van der Waals surface area contributed by atoms with E-state index in [0.717, 1.165) is 12.8 Å². The van der Waals surface area contributed by atoms with Crippen LogP contribution >= 0.6 is 0 Å². The maximum absolute atomic E-state index is 9.38. The molecule has 0 amide bonds. The van der Waals surface area contributed by atoms with Gasteiger partial charge in [-0.2, -0.15) is 0 Å². The number of hydrogen-bond acceptors (Lipinski definition) is 7. The van der Waals surface area contributed by atoms with Crippen molar-refractivity contribution in [1.29, 1.82) is 0 Å². The topological polar surface area (TPSA) is 75.6 Å². The van der Waals surface area contributed by atoms with E-state index in [4.69, 9.17) is 28.4 Å². The van der Waals surface area contributed by atoms with E-state index in [1.165, 1.54) is 0 Å². The Kier molecular flexibility index (Phi) is 10.5. The van der Waals surface area contributed by atoms with Gasteiger partial charge in [0, 0.05) is 40.3 Å². The smallest absolute Gasteiger partial charge is 0.185 e. The summed E-state index contributed by atoms with van der Waals surface area (Å²) >= 11 is 0. The number of rotatable bonds is 7. The highest BCUT2D eigenvalue weighted by Crippen LogP contribution is 2.41. The van der Waals surface area contributed by atoms with E-state index in [2.05, 4.69) is 25.7 Å². The Morgan fingerprint density at radius 1 is 0.828 bits per heavy atom. The molecule has 2 aliphatic rings. The van der Waals surface area contributed by atoms with E-state index in [-0.39, 0.29) is 43.2 Å². The van der Waals surface area contributed by atoms with E-state index in [9.17, 15) is 5.11 Å². The highest BCUT2D eigenvalue weighted by atomic mass is 16.7. The molecular formula is C22H40O7. The van der Waals surface area contributed by atoms with Crippen LogP contribution in [0.3, 0.4) is 0 Å². The lowest BCUT2D eigenvalue weighted by Crippen LogP contribution is -2.40. The van der Waals surface area contributed by atoms with Crippen LogP contribution in [0.15, 0.2) is 0 Å². The van der Waals surface area contributed by atoms with Gasteiger partial charge in [-0.1, -0.05) is 33.6 Å². The molecule has 0 aromatic rings. The Bertz CT molecular complexity index is 539. The third-order valence-corrected chi connectivity index (χ3v) is 6.50. The molecule has 0 bridgehead atoms. The van der Waals surface area contributed by atoms with Crippen molar-refractivity contribution in [2.45, 2.75) is 83.5 Å². The van der Waals surface area contributed by atoms with Crippen molar-refractivity contribution in [2.24, 2.45) is 11.8 Å². The van der Waals surface area contributed by atoms with Gasteiger partial charge in [-0.3, -0.25) is 0 Å². The van der Waals surface area contributed by atoms with Crippen LogP contribution in [0.2, 0.25) is 0 Å². The van der Waals surface area contributed by atoms with E-state index in [1.807, 2.05) is 20.8 Å². The fourth-order valence-corrected chi connectivity index (χ4v) is 4.37. The molecule has 7 nitrogen and oxygen atoms in total. The Balaban J connectivity index is 0.000000291. The fraction of sp³-hybridized carbons (Fsp3) is 0.909. The molecule has 170 valence electrons. The molecule has 2 fully saturated rings. The van der Waals surface area contributed by atoms with Crippen LogP contribution in [0.25, 0.3) is 0 Å². The molecule has 0 aromatic heterocycles. The summed E-state index contributed by atoms with van der Waals surface area (Å²) in [5, 5.41) is 9.38. The SMILES string of the molecule is CC#C[C@]1(CC)O[C@@H](OC)C(OC)C1C.CC[C@@]1(CO)O[C@@H](OC)C(OC)C1C. The first-order valence-corrected chi connectivity index (χ1v) is 10.3. The first-order valence-electron chi connectivity index (χ1n) is 10.3. The zero-order valence-corrected chi connectivity index (χ0v) is 19.5. The van der Waals surface area contributed by atoms with E-state index < -0.39 is 11.2 Å². The minimum absolute atomic E-state index is 0.00435. The summed E-state index contributed by atoms with van der Waals surface area (Å²) in [7, 11) is 6.54. The second-order valence-electron chi connectivity index (χ2n) is 7.62. The molecule has 2 aliphatic heterocycles. The van der Waals surface area contributed by atoms with Crippen LogP contribution in [0.4, 0.5) is 0 Å². The van der Waals surface area contributed by atoms with Crippen LogP contribution in [-0.2, 0) is 28.4 Å². The van der Waals surface area contributed by atoms with E-state index in [1.54, 1.807) is 28.4 Å². The number of aliphatic hydroxyl groups is 1. The summed E-state index contributed by atoms with van der Waals surface area (Å²) in [6.45, 7) is 10.0. The predicted octanol–water partition coefficient (Wildman–Crippen LogP) is 2.59. The van der Waals surface area contributed by atoms with Crippen molar-refractivity contribution < 1.29 is 33.5 Å². The lowest BCUT2D eigenvalue weighted by atomic mass is 9.85. The quantitative estimate of drug-likeness (QED) is 0.639. The standard InChI is InChI=1S/C12H20O3.C10H20O4/c1-6-8-12(7-2)9(3)10(13-4)11(14-5)15-12;1-5-10(6-11)7(2)8(12-3)9(13-4)14-10/h9-11H,7H2,1-5H3;7-9,11H,5-6H2,1-4H3/t9?,10?,11-,12+;7?,8?,9-,10+/m11/s1. The van der Waals surface area contributed by atoms with Crippen LogP contribution in [0.1, 0.15) is 47.5 Å². The summed E-state index contributed by atoms with van der Waals surface area (Å²) in [4.78, 5) is 0. The average molecular weight is 417 g/mol. The third kappa shape index (κ3) is 5.13. The highest BCUT2D eigenvalue weighted by molar-refractivity contribution is 5.19. The summed E-state index contributed by atoms with van der Waals surface area (Å²) in [5.74, 6) is 6.43. The minimum atomic E-state index is -0.513. The van der Waals surface area contributed by atoms with Crippen molar-refractivity contribution in [1.82, 2.24) is 0 Å². The molecule has 1 N–H and O–H groups in total. The maximum atomic E-state index is 9.38. The Morgan fingerprint density at radius 2 is 1.34 bits per heavy atom. The van der Waals surface area contributed by atoms with Crippen LogP contribution in [0, 0.1) is 23.7 Å². The highest BCUT2D eigenvalue weighted by Gasteiger charge is 2.52. The van der Waals surface area contributed by atoms with Crippen molar-refractivity contribution in [3.63, 3.8) is 0 Å². The molecule has 29 heavy (non-hydrogen) atoms. The van der Waals surface area contributed by atoms with Gasteiger partial charge in [0.25, 0.3) is 0 Å². The summed E-state index contributed by atoms with van der Waals surface area (Å²) in [6, 6.07) is 0.